The molecule has 1 unspecified atom stereocenters. The Morgan fingerprint density at radius 3 is 2.65 bits per heavy atom. The number of aryl methyl sites for hydroxylation is 1. The number of aromatic nitrogens is 3. The second kappa shape index (κ2) is 8.56. The molecule has 0 fully saturated rings. The van der Waals surface area contributed by atoms with Crippen LogP contribution < -0.4 is 10.6 Å². The number of allylic oxidation sites excluding steroid dienone is 1. The molecule has 0 saturated heterocycles. The summed E-state index contributed by atoms with van der Waals surface area (Å²) in [6.45, 7) is 3.83. The molecule has 2 N–H and O–H groups in total. The van der Waals surface area contributed by atoms with Crippen molar-refractivity contribution in [2.75, 3.05) is 10.6 Å². The van der Waals surface area contributed by atoms with Gasteiger partial charge in [-0.1, -0.05) is 30.3 Å². The topological polar surface area (TPSA) is 115 Å². The highest BCUT2D eigenvalue weighted by Crippen LogP contribution is 2.40. The number of anilines is 2. The number of hydrogen-bond donors (Lipinski definition) is 2. The minimum Gasteiger partial charge on any atom is -0.328 e. The van der Waals surface area contributed by atoms with E-state index in [9.17, 15) is 14.9 Å². The maximum Gasteiger partial charge on any atom is 0.270 e. The number of nitrogens with zero attached hydrogens (tertiary/aromatic N) is 4. The third kappa shape index (κ3) is 3.84. The number of amides is 1. The van der Waals surface area contributed by atoms with Crippen molar-refractivity contribution < 1.29 is 9.72 Å². The molecule has 1 aliphatic rings. The van der Waals surface area contributed by atoms with Crippen LogP contribution in [-0.2, 0) is 4.79 Å². The smallest absolute Gasteiger partial charge is 0.270 e. The van der Waals surface area contributed by atoms with Gasteiger partial charge in [-0.15, -0.1) is 16.4 Å². The molecule has 9 nitrogen and oxygen atoms in total. The molecule has 0 saturated carbocycles. The highest BCUT2D eigenvalue weighted by atomic mass is 32.1. The van der Waals surface area contributed by atoms with Crippen LogP contribution in [0.4, 0.5) is 17.3 Å². The fraction of sp³-hybridized carbons (Fsp3) is 0.125. The lowest BCUT2D eigenvalue weighted by Crippen LogP contribution is -2.31. The molecule has 4 aromatic rings. The molecule has 2 aromatic carbocycles. The largest absolute Gasteiger partial charge is 0.328 e. The number of nitrogens with one attached hydrogen (secondary N) is 2. The van der Waals surface area contributed by atoms with E-state index in [1.165, 1.54) is 12.1 Å². The van der Waals surface area contributed by atoms with E-state index in [0.29, 0.717) is 34.3 Å². The highest BCUT2D eigenvalue weighted by Gasteiger charge is 2.36. The Morgan fingerprint density at radius 1 is 1.15 bits per heavy atom. The Kier molecular flexibility index (Phi) is 5.42. The highest BCUT2D eigenvalue weighted by molar-refractivity contribution is 7.10. The van der Waals surface area contributed by atoms with Crippen molar-refractivity contribution in [3.8, 4) is 11.4 Å². The molecule has 0 aliphatic carbocycles. The van der Waals surface area contributed by atoms with Crippen molar-refractivity contribution in [1.82, 2.24) is 14.8 Å². The van der Waals surface area contributed by atoms with Crippen molar-refractivity contribution >= 4 is 34.6 Å². The van der Waals surface area contributed by atoms with E-state index in [1.54, 1.807) is 28.2 Å². The van der Waals surface area contributed by atoms with Crippen LogP contribution in [0.25, 0.3) is 11.4 Å². The van der Waals surface area contributed by atoms with Gasteiger partial charge in [-0.25, -0.2) is 4.68 Å². The quantitative estimate of drug-likeness (QED) is 0.307. The molecular weight excluding hydrogens is 452 g/mol. The van der Waals surface area contributed by atoms with Crippen LogP contribution in [-0.4, -0.2) is 25.6 Å². The van der Waals surface area contributed by atoms with Crippen LogP contribution in [0, 0.1) is 17.0 Å². The van der Waals surface area contributed by atoms with E-state index in [0.717, 1.165) is 10.4 Å². The zero-order valence-electron chi connectivity index (χ0n) is 18.4. The number of nitro groups is 1. The van der Waals surface area contributed by atoms with Crippen molar-refractivity contribution in [3.63, 3.8) is 0 Å². The molecule has 0 radical (unpaired) electrons. The fourth-order valence-electron chi connectivity index (χ4n) is 3.95. The molecule has 1 amide bonds. The first-order chi connectivity index (χ1) is 16.4. The van der Waals surface area contributed by atoms with Gasteiger partial charge >= 0.3 is 0 Å². The number of thiophene rings is 1. The number of fused-ring (bicyclic) bond motifs is 1. The van der Waals surface area contributed by atoms with Crippen LogP contribution in [0.3, 0.4) is 0 Å². The summed E-state index contributed by atoms with van der Waals surface area (Å²) in [4.78, 5) is 29.8. The Balaban J connectivity index is 1.60. The Morgan fingerprint density at radius 2 is 1.94 bits per heavy atom. The summed E-state index contributed by atoms with van der Waals surface area (Å²) in [7, 11) is 0. The van der Waals surface area contributed by atoms with Crippen LogP contribution in [0.2, 0.25) is 0 Å². The molecule has 5 rings (SSSR count). The zero-order valence-corrected chi connectivity index (χ0v) is 19.2. The van der Waals surface area contributed by atoms with E-state index in [1.807, 2.05) is 55.6 Å². The number of para-hydroxylation sites is 1. The Bertz CT molecular complexity index is 1440. The first-order valence-electron chi connectivity index (χ1n) is 10.5. The number of non-ortho nitro benzene ring substituents is 1. The van der Waals surface area contributed by atoms with Crippen molar-refractivity contribution in [2.24, 2.45) is 0 Å². The number of nitro benzene ring substituents is 1. The van der Waals surface area contributed by atoms with Gasteiger partial charge in [-0.3, -0.25) is 14.9 Å². The molecular formula is C24H20N6O3S. The number of carbonyl (C=O) groups is 1. The van der Waals surface area contributed by atoms with Gasteiger partial charge in [0.25, 0.3) is 11.6 Å². The van der Waals surface area contributed by atoms with E-state index in [-0.39, 0.29) is 11.6 Å². The molecule has 0 spiro atoms. The summed E-state index contributed by atoms with van der Waals surface area (Å²) >= 11 is 1.54. The monoisotopic (exact) mass is 472 g/mol. The van der Waals surface area contributed by atoms with Crippen LogP contribution in [0.5, 0.6) is 0 Å². The van der Waals surface area contributed by atoms with Crippen LogP contribution in [0.15, 0.2) is 77.3 Å². The van der Waals surface area contributed by atoms with Crippen LogP contribution in [0.1, 0.15) is 23.4 Å². The molecule has 170 valence electrons. The SMILES string of the molecule is CC1=C(C(=O)Nc2ccccc2)C(c2sccc2C)n2nc(-c3cccc([N+](=O)[O-])c3)nc2N1. The van der Waals surface area contributed by atoms with E-state index in [4.69, 9.17) is 0 Å². The lowest BCUT2D eigenvalue weighted by Gasteiger charge is -2.28. The zero-order chi connectivity index (χ0) is 23.8. The lowest BCUT2D eigenvalue weighted by molar-refractivity contribution is -0.384. The fourth-order valence-corrected chi connectivity index (χ4v) is 4.97. The van der Waals surface area contributed by atoms with E-state index >= 15 is 0 Å². The second-order valence-electron chi connectivity index (χ2n) is 7.87. The average molecular weight is 473 g/mol. The molecule has 2 aromatic heterocycles. The van der Waals surface area contributed by atoms with Crippen molar-refractivity contribution in [3.05, 3.63) is 97.9 Å². The molecule has 3 heterocycles. The van der Waals surface area contributed by atoms with Crippen molar-refractivity contribution in [2.45, 2.75) is 19.9 Å². The molecule has 1 atom stereocenters. The van der Waals surface area contributed by atoms with Gasteiger partial charge in [0.05, 0.1) is 10.5 Å². The first-order valence-corrected chi connectivity index (χ1v) is 11.4. The van der Waals surface area contributed by atoms with Gasteiger partial charge in [0.1, 0.15) is 6.04 Å². The third-order valence-corrected chi connectivity index (χ3v) is 6.67. The van der Waals surface area contributed by atoms with Gasteiger partial charge < -0.3 is 10.6 Å². The standard InChI is InChI=1S/C24H20N6O3S/c1-14-11-12-34-21(14)20-19(23(31)26-17-8-4-3-5-9-17)15(2)25-24-27-22(28-29(20)24)16-7-6-10-18(13-16)30(32)33/h3-13,20H,1-2H3,(H,26,31)(H,25,27,28). The van der Waals surface area contributed by atoms with Gasteiger partial charge in [0, 0.05) is 34.0 Å². The normalized spacial score (nSPS) is 14.9. The number of rotatable bonds is 5. The maximum absolute atomic E-state index is 13.5. The predicted octanol–water partition coefficient (Wildman–Crippen LogP) is 5.15. The number of benzene rings is 2. The number of hydrogen-bond acceptors (Lipinski definition) is 7. The molecule has 1 aliphatic heterocycles. The Labute approximate surface area is 198 Å². The predicted molar refractivity (Wildman–Crippen MR) is 131 cm³/mol. The van der Waals surface area contributed by atoms with Gasteiger partial charge in [-0.2, -0.15) is 4.98 Å². The number of carbonyl (C=O) groups excluding carboxylic acids is 1. The minimum atomic E-state index is -0.500. The summed E-state index contributed by atoms with van der Waals surface area (Å²) in [5, 5.41) is 24.1. The first kappa shape index (κ1) is 21.5. The van der Waals surface area contributed by atoms with E-state index < -0.39 is 11.0 Å². The summed E-state index contributed by atoms with van der Waals surface area (Å²) in [6, 6.07) is 17.0. The van der Waals surface area contributed by atoms with E-state index in [2.05, 4.69) is 20.7 Å². The summed E-state index contributed by atoms with van der Waals surface area (Å²) < 4.78 is 1.68. The van der Waals surface area contributed by atoms with Gasteiger partial charge in [0.2, 0.25) is 5.95 Å². The van der Waals surface area contributed by atoms with Crippen LogP contribution >= 0.6 is 11.3 Å². The lowest BCUT2D eigenvalue weighted by atomic mass is 9.99. The summed E-state index contributed by atoms with van der Waals surface area (Å²) in [5.74, 6) is 0.558. The molecule has 10 heteroatoms. The maximum atomic E-state index is 13.5. The van der Waals surface area contributed by atoms with Gasteiger partial charge in [-0.05, 0) is 43.0 Å². The van der Waals surface area contributed by atoms with Crippen molar-refractivity contribution in [1.29, 1.82) is 0 Å². The third-order valence-electron chi connectivity index (χ3n) is 5.59. The Hall–Kier alpha value is -4.31. The summed E-state index contributed by atoms with van der Waals surface area (Å²) in [6.07, 6.45) is 0. The molecule has 0 bridgehead atoms. The summed E-state index contributed by atoms with van der Waals surface area (Å²) in [5.41, 5.74) is 3.40. The molecule has 34 heavy (non-hydrogen) atoms. The minimum absolute atomic E-state index is 0.0406. The second-order valence-corrected chi connectivity index (χ2v) is 8.81. The average Bonchev–Trinajstić information content (AvgIpc) is 3.44. The van der Waals surface area contributed by atoms with Gasteiger partial charge in [0.15, 0.2) is 5.82 Å².